The third kappa shape index (κ3) is 5.37. The molecule has 0 rings (SSSR count). The van der Waals surface area contributed by atoms with Crippen LogP contribution in [0.15, 0.2) is 0 Å². The third-order valence-corrected chi connectivity index (χ3v) is 0.698. The molecule has 0 saturated heterocycles. The third-order valence-electron chi connectivity index (χ3n) is 0.698. The second kappa shape index (κ2) is 6.35. The molecular formula is C6H12NO3. The molecule has 0 bridgehead atoms. The smallest absolute Gasteiger partial charge is 0.447 e. The van der Waals surface area contributed by atoms with Crippen LogP contribution in [-0.2, 0) is 9.57 Å². The van der Waals surface area contributed by atoms with Gasteiger partial charge >= 0.3 is 6.09 Å². The Hall–Kier alpha value is -0.770. The fourth-order valence-electron chi connectivity index (χ4n) is 0.333. The number of carbonyl (C=O) groups excluding carboxylic acids is 1. The van der Waals surface area contributed by atoms with Gasteiger partial charge in [-0.2, -0.15) is 0 Å². The van der Waals surface area contributed by atoms with E-state index in [4.69, 9.17) is 0 Å². The summed E-state index contributed by atoms with van der Waals surface area (Å²) in [6, 6.07) is 0. The average Bonchev–Trinajstić information content (AvgIpc) is 1.97. The van der Waals surface area contributed by atoms with E-state index in [0.29, 0.717) is 13.2 Å². The summed E-state index contributed by atoms with van der Waals surface area (Å²) in [5.74, 6) is 0. The van der Waals surface area contributed by atoms with Crippen molar-refractivity contribution >= 4 is 6.09 Å². The molecular weight excluding hydrogens is 134 g/mol. The van der Waals surface area contributed by atoms with Crippen molar-refractivity contribution in [1.29, 1.82) is 0 Å². The van der Waals surface area contributed by atoms with Crippen LogP contribution in [0.4, 0.5) is 4.79 Å². The molecule has 0 fully saturated rings. The van der Waals surface area contributed by atoms with E-state index in [1.54, 1.807) is 6.92 Å². The van der Waals surface area contributed by atoms with Crippen molar-refractivity contribution < 1.29 is 14.4 Å². The first-order chi connectivity index (χ1) is 4.81. The number of rotatable bonds is 4. The average molecular weight is 146 g/mol. The van der Waals surface area contributed by atoms with Crippen molar-refractivity contribution in [1.82, 2.24) is 5.48 Å². The Morgan fingerprint density at radius 1 is 1.50 bits per heavy atom. The number of hydrogen-bond acceptors (Lipinski definition) is 3. The first kappa shape index (κ1) is 9.23. The predicted molar refractivity (Wildman–Crippen MR) is 35.4 cm³/mol. The molecule has 0 heterocycles. The molecule has 0 aliphatic heterocycles. The molecule has 0 aliphatic rings. The van der Waals surface area contributed by atoms with Crippen molar-refractivity contribution in [3.05, 3.63) is 0 Å². The van der Waals surface area contributed by atoms with E-state index < -0.39 is 6.09 Å². The van der Waals surface area contributed by atoms with Crippen LogP contribution in [0.1, 0.15) is 20.3 Å². The molecule has 0 aromatic heterocycles. The Labute approximate surface area is 60.5 Å². The molecule has 0 spiro atoms. The van der Waals surface area contributed by atoms with Gasteiger partial charge in [0.05, 0.1) is 13.2 Å². The molecule has 4 heteroatoms. The highest BCUT2D eigenvalue weighted by molar-refractivity contribution is 5.65. The van der Waals surface area contributed by atoms with Gasteiger partial charge in [0.2, 0.25) is 0 Å². The van der Waals surface area contributed by atoms with E-state index in [0.717, 1.165) is 6.42 Å². The van der Waals surface area contributed by atoms with Crippen LogP contribution in [0, 0.1) is 0 Å². The van der Waals surface area contributed by atoms with E-state index in [2.05, 4.69) is 15.1 Å². The number of hydrogen-bond donors (Lipinski definition) is 0. The van der Waals surface area contributed by atoms with Crippen LogP contribution >= 0.6 is 0 Å². The van der Waals surface area contributed by atoms with Crippen LogP contribution in [-0.4, -0.2) is 19.3 Å². The van der Waals surface area contributed by atoms with Crippen molar-refractivity contribution in [3.8, 4) is 0 Å². The van der Waals surface area contributed by atoms with Crippen LogP contribution in [0.3, 0.4) is 0 Å². The Morgan fingerprint density at radius 2 is 2.20 bits per heavy atom. The van der Waals surface area contributed by atoms with Gasteiger partial charge < -0.3 is 4.74 Å². The van der Waals surface area contributed by atoms with Gasteiger partial charge in [0.1, 0.15) is 0 Å². The summed E-state index contributed by atoms with van der Waals surface area (Å²) in [4.78, 5) is 14.9. The molecule has 0 saturated carbocycles. The zero-order valence-corrected chi connectivity index (χ0v) is 6.29. The zero-order chi connectivity index (χ0) is 7.82. The maximum Gasteiger partial charge on any atom is 0.456 e. The molecule has 0 unspecified atom stereocenters. The summed E-state index contributed by atoms with van der Waals surface area (Å²) < 4.78 is 4.56. The van der Waals surface area contributed by atoms with Crippen LogP contribution in [0.25, 0.3) is 0 Å². The van der Waals surface area contributed by atoms with Crippen LogP contribution in [0.5, 0.6) is 0 Å². The molecule has 1 amide bonds. The summed E-state index contributed by atoms with van der Waals surface area (Å²) >= 11 is 0. The molecule has 0 aromatic carbocycles. The SMILES string of the molecule is CCCOC(=O)[N]OCC. The molecule has 0 N–H and O–H groups in total. The number of nitrogens with zero attached hydrogens (tertiary/aromatic N) is 1. The molecule has 1 radical (unpaired) electrons. The molecule has 10 heavy (non-hydrogen) atoms. The maximum atomic E-state index is 10.4. The second-order valence-electron chi connectivity index (χ2n) is 1.62. The number of amides is 1. The van der Waals surface area contributed by atoms with Gasteiger partial charge in [0.15, 0.2) is 0 Å². The minimum Gasteiger partial charge on any atom is -0.447 e. The molecule has 0 aromatic rings. The lowest BCUT2D eigenvalue weighted by molar-refractivity contribution is 0.0283. The Kier molecular flexibility index (Phi) is 5.86. The normalized spacial score (nSPS) is 9.00. The van der Waals surface area contributed by atoms with Crippen molar-refractivity contribution in [2.45, 2.75) is 20.3 Å². The van der Waals surface area contributed by atoms with Gasteiger partial charge in [-0.1, -0.05) is 12.4 Å². The zero-order valence-electron chi connectivity index (χ0n) is 6.29. The van der Waals surface area contributed by atoms with E-state index >= 15 is 0 Å². The van der Waals surface area contributed by atoms with Crippen molar-refractivity contribution in [3.63, 3.8) is 0 Å². The lowest BCUT2D eigenvalue weighted by atomic mass is 10.5. The largest absolute Gasteiger partial charge is 0.456 e. The fraction of sp³-hybridized carbons (Fsp3) is 0.833. The van der Waals surface area contributed by atoms with Crippen molar-refractivity contribution in [2.24, 2.45) is 0 Å². The fourth-order valence-corrected chi connectivity index (χ4v) is 0.333. The Bertz CT molecular complexity index is 85.0. The van der Waals surface area contributed by atoms with Gasteiger partial charge in [-0.05, 0) is 13.3 Å². The monoisotopic (exact) mass is 146 g/mol. The minimum atomic E-state index is -0.649. The summed E-state index contributed by atoms with van der Waals surface area (Å²) in [6.45, 7) is 4.45. The minimum absolute atomic E-state index is 0.390. The van der Waals surface area contributed by atoms with E-state index in [-0.39, 0.29) is 0 Å². The maximum absolute atomic E-state index is 10.4. The van der Waals surface area contributed by atoms with Gasteiger partial charge in [0.25, 0.3) is 0 Å². The highest BCUT2D eigenvalue weighted by Crippen LogP contribution is 1.82. The number of ether oxygens (including phenoxy) is 1. The molecule has 59 valence electrons. The Morgan fingerprint density at radius 3 is 2.70 bits per heavy atom. The first-order valence-electron chi connectivity index (χ1n) is 3.31. The van der Waals surface area contributed by atoms with E-state index in [9.17, 15) is 4.79 Å². The lowest BCUT2D eigenvalue weighted by Crippen LogP contribution is -2.17. The predicted octanol–water partition coefficient (Wildman–Crippen LogP) is 1.09. The summed E-state index contributed by atoms with van der Waals surface area (Å²) in [5, 5.41) is 0. The standard InChI is InChI=1S/C6H12NO3/c1-3-5-9-6(8)7-10-4-2/h3-5H2,1-2H3. The first-order valence-corrected chi connectivity index (χ1v) is 3.31. The molecule has 4 nitrogen and oxygen atoms in total. The van der Waals surface area contributed by atoms with Gasteiger partial charge in [0, 0.05) is 0 Å². The number of hydroxylamine groups is 1. The topological polar surface area (TPSA) is 49.6 Å². The van der Waals surface area contributed by atoms with E-state index in [1.165, 1.54) is 0 Å². The van der Waals surface area contributed by atoms with Crippen molar-refractivity contribution in [2.75, 3.05) is 13.2 Å². The van der Waals surface area contributed by atoms with Gasteiger partial charge in [-0.3, -0.25) is 0 Å². The quantitative estimate of drug-likeness (QED) is 0.558. The second-order valence-corrected chi connectivity index (χ2v) is 1.62. The highest BCUT2D eigenvalue weighted by Gasteiger charge is 2.00. The number of carbonyl (C=O) groups is 1. The van der Waals surface area contributed by atoms with Crippen LogP contribution < -0.4 is 5.48 Å². The summed E-state index contributed by atoms with van der Waals surface area (Å²) in [6.07, 6.45) is 0.150. The summed E-state index contributed by atoms with van der Waals surface area (Å²) in [7, 11) is 0. The highest BCUT2D eigenvalue weighted by atomic mass is 16.7. The summed E-state index contributed by atoms with van der Waals surface area (Å²) in [5.41, 5.74) is 3.12. The molecule has 0 aliphatic carbocycles. The van der Waals surface area contributed by atoms with Gasteiger partial charge in [-0.25, -0.2) is 9.63 Å². The molecule has 0 atom stereocenters. The Balaban J connectivity index is 3.09. The van der Waals surface area contributed by atoms with E-state index in [1.807, 2.05) is 6.92 Å². The lowest BCUT2D eigenvalue weighted by Gasteiger charge is -1.99. The van der Waals surface area contributed by atoms with Gasteiger partial charge in [-0.15, -0.1) is 0 Å². The van der Waals surface area contributed by atoms with Crippen LogP contribution in [0.2, 0.25) is 0 Å².